The zero-order valence-electron chi connectivity index (χ0n) is 19.1. The van der Waals surface area contributed by atoms with Crippen molar-refractivity contribution in [2.45, 2.75) is 40.7 Å². The van der Waals surface area contributed by atoms with Gasteiger partial charge in [0.15, 0.2) is 17.6 Å². The van der Waals surface area contributed by atoms with E-state index < -0.39 is 23.9 Å². The Bertz CT molecular complexity index is 953. The molecule has 0 aliphatic rings. The van der Waals surface area contributed by atoms with Gasteiger partial charge in [-0.3, -0.25) is 14.4 Å². The SMILES string of the molecule is CCOc1ccc(C(=O)NCC(=O)O[C@@H](C)C(=O)Nc2c(C)cccc2C)cc1OCC. The number of hydrogen-bond acceptors (Lipinski definition) is 6. The molecule has 0 aromatic heterocycles. The maximum Gasteiger partial charge on any atom is 0.326 e. The molecule has 32 heavy (non-hydrogen) atoms. The Morgan fingerprint density at radius 1 is 0.938 bits per heavy atom. The summed E-state index contributed by atoms with van der Waals surface area (Å²) >= 11 is 0. The normalized spacial score (nSPS) is 11.3. The van der Waals surface area contributed by atoms with Crippen molar-refractivity contribution in [2.75, 3.05) is 25.1 Å². The number of carbonyl (C=O) groups excluding carboxylic acids is 3. The lowest BCUT2D eigenvalue weighted by molar-refractivity contribution is -0.152. The number of rotatable bonds is 10. The van der Waals surface area contributed by atoms with Crippen LogP contribution in [0.25, 0.3) is 0 Å². The summed E-state index contributed by atoms with van der Waals surface area (Å²) < 4.78 is 16.1. The van der Waals surface area contributed by atoms with Gasteiger partial charge in [0.25, 0.3) is 11.8 Å². The van der Waals surface area contributed by atoms with Crippen LogP contribution in [0.2, 0.25) is 0 Å². The molecule has 0 saturated carbocycles. The zero-order valence-corrected chi connectivity index (χ0v) is 19.1. The first kappa shape index (κ1) is 24.7. The van der Waals surface area contributed by atoms with E-state index in [9.17, 15) is 14.4 Å². The summed E-state index contributed by atoms with van der Waals surface area (Å²) in [5, 5.41) is 5.27. The number of amides is 2. The molecule has 2 amide bonds. The monoisotopic (exact) mass is 442 g/mol. The van der Waals surface area contributed by atoms with E-state index in [0.717, 1.165) is 11.1 Å². The van der Waals surface area contributed by atoms with Gasteiger partial charge in [0.05, 0.1) is 13.2 Å². The Kier molecular flexibility index (Phi) is 9.07. The summed E-state index contributed by atoms with van der Waals surface area (Å²) in [6.45, 7) is 9.42. The molecule has 8 nitrogen and oxygen atoms in total. The third kappa shape index (κ3) is 6.73. The van der Waals surface area contributed by atoms with Gasteiger partial charge in [-0.25, -0.2) is 0 Å². The molecule has 172 valence electrons. The molecular formula is C24H30N2O6. The highest BCUT2D eigenvalue weighted by atomic mass is 16.5. The second kappa shape index (κ2) is 11.7. The predicted octanol–water partition coefficient (Wildman–Crippen LogP) is 3.40. The summed E-state index contributed by atoms with van der Waals surface area (Å²) in [6.07, 6.45) is -1.02. The van der Waals surface area contributed by atoms with Gasteiger partial charge in [0.2, 0.25) is 0 Å². The van der Waals surface area contributed by atoms with Gasteiger partial charge in [0.1, 0.15) is 6.54 Å². The van der Waals surface area contributed by atoms with Crippen LogP contribution >= 0.6 is 0 Å². The number of para-hydroxylation sites is 1. The van der Waals surface area contributed by atoms with Crippen LogP contribution in [0, 0.1) is 13.8 Å². The molecule has 0 radical (unpaired) electrons. The summed E-state index contributed by atoms with van der Waals surface area (Å²) in [7, 11) is 0. The number of hydrogen-bond donors (Lipinski definition) is 2. The molecule has 0 aliphatic heterocycles. The Morgan fingerprint density at radius 3 is 2.19 bits per heavy atom. The first-order valence-electron chi connectivity index (χ1n) is 10.5. The summed E-state index contributed by atoms with van der Waals surface area (Å²) in [4.78, 5) is 36.9. The van der Waals surface area contributed by atoms with Crippen molar-refractivity contribution >= 4 is 23.5 Å². The zero-order chi connectivity index (χ0) is 23.7. The fourth-order valence-corrected chi connectivity index (χ4v) is 2.98. The van der Waals surface area contributed by atoms with Crippen molar-refractivity contribution < 1.29 is 28.6 Å². The highest BCUT2D eigenvalue weighted by Crippen LogP contribution is 2.28. The van der Waals surface area contributed by atoms with E-state index >= 15 is 0 Å². The van der Waals surface area contributed by atoms with Crippen LogP contribution in [0.15, 0.2) is 36.4 Å². The minimum absolute atomic E-state index is 0.311. The van der Waals surface area contributed by atoms with E-state index in [4.69, 9.17) is 14.2 Å². The predicted molar refractivity (Wildman–Crippen MR) is 121 cm³/mol. The topological polar surface area (TPSA) is 103 Å². The van der Waals surface area contributed by atoms with Gasteiger partial charge in [0, 0.05) is 11.3 Å². The lowest BCUT2D eigenvalue weighted by Crippen LogP contribution is -2.36. The average molecular weight is 443 g/mol. The first-order valence-corrected chi connectivity index (χ1v) is 10.5. The number of esters is 1. The molecule has 8 heteroatoms. The number of aryl methyl sites for hydroxylation is 2. The quantitative estimate of drug-likeness (QED) is 0.547. The van der Waals surface area contributed by atoms with Crippen LogP contribution in [-0.4, -0.2) is 43.6 Å². The number of carbonyl (C=O) groups is 3. The Hall–Kier alpha value is -3.55. The fourth-order valence-electron chi connectivity index (χ4n) is 2.98. The van der Waals surface area contributed by atoms with Crippen LogP contribution in [0.3, 0.4) is 0 Å². The molecule has 0 aliphatic carbocycles. The lowest BCUT2D eigenvalue weighted by Gasteiger charge is -2.16. The van der Waals surface area contributed by atoms with Crippen molar-refractivity contribution in [2.24, 2.45) is 0 Å². The van der Waals surface area contributed by atoms with Gasteiger partial charge >= 0.3 is 5.97 Å². The molecule has 0 bridgehead atoms. The average Bonchev–Trinajstić information content (AvgIpc) is 2.76. The van der Waals surface area contributed by atoms with Crippen LogP contribution < -0.4 is 20.1 Å². The molecule has 0 heterocycles. The van der Waals surface area contributed by atoms with E-state index in [0.29, 0.717) is 36.0 Å². The van der Waals surface area contributed by atoms with Gasteiger partial charge < -0.3 is 24.8 Å². The van der Waals surface area contributed by atoms with Crippen molar-refractivity contribution in [1.29, 1.82) is 0 Å². The van der Waals surface area contributed by atoms with Crippen LogP contribution in [-0.2, 0) is 14.3 Å². The Balaban J connectivity index is 1.91. The molecule has 1 atom stereocenters. The minimum Gasteiger partial charge on any atom is -0.490 e. The molecule has 2 N–H and O–H groups in total. The standard InChI is InChI=1S/C24H30N2O6/c1-6-30-19-12-11-18(13-20(19)31-7-2)24(29)25-14-21(27)32-17(5)23(28)26-22-15(3)9-8-10-16(22)4/h8-13,17H,6-7,14H2,1-5H3,(H,25,29)(H,26,28)/t17-/m0/s1. The van der Waals surface area contributed by atoms with Gasteiger partial charge in [-0.2, -0.15) is 0 Å². The van der Waals surface area contributed by atoms with Crippen molar-refractivity contribution in [3.63, 3.8) is 0 Å². The van der Waals surface area contributed by atoms with Crippen LogP contribution in [0.5, 0.6) is 11.5 Å². The van der Waals surface area contributed by atoms with Crippen molar-refractivity contribution in [3.8, 4) is 11.5 Å². The van der Waals surface area contributed by atoms with E-state index in [1.165, 1.54) is 6.92 Å². The largest absolute Gasteiger partial charge is 0.490 e. The lowest BCUT2D eigenvalue weighted by atomic mass is 10.1. The van der Waals surface area contributed by atoms with Crippen LogP contribution in [0.1, 0.15) is 42.3 Å². The molecule has 0 spiro atoms. The highest BCUT2D eigenvalue weighted by Gasteiger charge is 2.20. The number of benzene rings is 2. The fraction of sp³-hybridized carbons (Fsp3) is 0.375. The van der Waals surface area contributed by atoms with Crippen LogP contribution in [0.4, 0.5) is 5.69 Å². The molecule has 0 saturated heterocycles. The van der Waals surface area contributed by atoms with Crippen molar-refractivity contribution in [3.05, 3.63) is 53.1 Å². The molecular weight excluding hydrogens is 412 g/mol. The maximum atomic E-state index is 12.4. The van der Waals surface area contributed by atoms with E-state index in [2.05, 4.69) is 10.6 Å². The van der Waals surface area contributed by atoms with Crippen molar-refractivity contribution in [1.82, 2.24) is 5.32 Å². The highest BCUT2D eigenvalue weighted by molar-refractivity contribution is 5.98. The molecule has 0 unspecified atom stereocenters. The van der Waals surface area contributed by atoms with Gasteiger partial charge in [-0.15, -0.1) is 0 Å². The third-order valence-electron chi connectivity index (χ3n) is 4.61. The van der Waals surface area contributed by atoms with E-state index in [1.54, 1.807) is 18.2 Å². The smallest absolute Gasteiger partial charge is 0.326 e. The summed E-state index contributed by atoms with van der Waals surface area (Å²) in [6, 6.07) is 10.4. The first-order chi connectivity index (χ1) is 15.3. The third-order valence-corrected chi connectivity index (χ3v) is 4.61. The second-order valence-corrected chi connectivity index (χ2v) is 7.10. The summed E-state index contributed by atoms with van der Waals surface area (Å²) in [5.74, 6) is -0.664. The minimum atomic E-state index is -1.02. The molecule has 2 aromatic rings. The maximum absolute atomic E-state index is 12.4. The number of ether oxygens (including phenoxy) is 3. The Labute approximate surface area is 188 Å². The van der Waals surface area contributed by atoms with Gasteiger partial charge in [-0.05, 0) is 63.9 Å². The van der Waals surface area contributed by atoms with Gasteiger partial charge in [-0.1, -0.05) is 18.2 Å². The Morgan fingerprint density at radius 2 is 1.56 bits per heavy atom. The second-order valence-electron chi connectivity index (χ2n) is 7.10. The number of nitrogens with one attached hydrogen (secondary N) is 2. The molecule has 2 rings (SSSR count). The van der Waals surface area contributed by atoms with E-state index in [-0.39, 0.29) is 6.54 Å². The number of anilines is 1. The van der Waals surface area contributed by atoms with E-state index in [1.807, 2.05) is 45.9 Å². The molecule has 0 fully saturated rings. The summed E-state index contributed by atoms with van der Waals surface area (Å²) in [5.41, 5.74) is 2.82. The molecule has 2 aromatic carbocycles.